The van der Waals surface area contributed by atoms with Crippen LogP contribution in [0.1, 0.15) is 15.9 Å². The van der Waals surface area contributed by atoms with Gasteiger partial charge >= 0.3 is 12.1 Å². The number of alkyl halides is 3. The smallest absolute Gasteiger partial charge is 0.416 e. The molecule has 0 fully saturated rings. The van der Waals surface area contributed by atoms with Crippen LogP contribution in [0, 0.1) is 0 Å². The minimum atomic E-state index is -4.48. The summed E-state index contributed by atoms with van der Waals surface area (Å²) in [5.41, 5.74) is -0.577. The average Bonchev–Trinajstić information content (AvgIpc) is 3.18. The molecule has 3 rings (SSSR count). The summed E-state index contributed by atoms with van der Waals surface area (Å²) in [4.78, 5) is 15.0. The predicted molar refractivity (Wildman–Crippen MR) is 103 cm³/mol. The van der Waals surface area contributed by atoms with Gasteiger partial charge < -0.3 is 9.84 Å². The predicted octanol–water partition coefficient (Wildman–Crippen LogP) is 4.34. The fourth-order valence-corrected chi connectivity index (χ4v) is 4.59. The van der Waals surface area contributed by atoms with Gasteiger partial charge in [0.15, 0.2) is 5.03 Å². The number of methoxy groups -OCH3 is 1. The number of nitrogens with one attached hydrogen (secondary N) is 1. The maximum atomic E-state index is 12.7. The second kappa shape index (κ2) is 7.95. The number of aromatic carboxylic acids is 1. The van der Waals surface area contributed by atoms with Crippen LogP contribution in [0.3, 0.4) is 0 Å². The molecular weight excluding hydrogens is 445 g/mol. The van der Waals surface area contributed by atoms with Crippen molar-refractivity contribution in [2.45, 2.75) is 11.2 Å². The first-order valence-electron chi connectivity index (χ1n) is 8.08. The number of halogens is 3. The van der Waals surface area contributed by atoms with Gasteiger partial charge in [-0.25, -0.2) is 9.78 Å². The first-order chi connectivity index (χ1) is 14.0. The molecule has 0 unspecified atom stereocenters. The van der Waals surface area contributed by atoms with Crippen LogP contribution in [0.25, 0.3) is 10.6 Å². The molecule has 7 nitrogen and oxygen atoms in total. The Kier molecular flexibility index (Phi) is 5.72. The van der Waals surface area contributed by atoms with Crippen molar-refractivity contribution in [1.29, 1.82) is 0 Å². The molecule has 2 aromatic carbocycles. The number of ether oxygens (including phenoxy) is 1. The Morgan fingerprint density at radius 3 is 2.40 bits per heavy atom. The normalized spacial score (nSPS) is 11.9. The summed E-state index contributed by atoms with van der Waals surface area (Å²) in [7, 11) is -2.90. The van der Waals surface area contributed by atoms with Gasteiger partial charge in [0.25, 0.3) is 10.0 Å². The molecule has 0 saturated carbocycles. The summed E-state index contributed by atoms with van der Waals surface area (Å²) in [5, 5.41) is 10.1. The molecule has 0 bridgehead atoms. The lowest BCUT2D eigenvalue weighted by molar-refractivity contribution is -0.137. The van der Waals surface area contributed by atoms with E-state index in [1.54, 1.807) is 0 Å². The van der Waals surface area contributed by atoms with Gasteiger partial charge in [0.2, 0.25) is 0 Å². The number of carbonyl (C=O) groups is 1. The van der Waals surface area contributed by atoms with Crippen LogP contribution >= 0.6 is 11.3 Å². The highest BCUT2D eigenvalue weighted by Crippen LogP contribution is 2.33. The number of carboxylic acids is 1. The number of anilines is 1. The van der Waals surface area contributed by atoms with E-state index in [4.69, 9.17) is 9.84 Å². The lowest BCUT2D eigenvalue weighted by Crippen LogP contribution is -2.14. The second-order valence-corrected chi connectivity index (χ2v) is 8.38. The van der Waals surface area contributed by atoms with E-state index in [2.05, 4.69) is 9.71 Å². The van der Waals surface area contributed by atoms with E-state index < -0.39 is 27.7 Å². The van der Waals surface area contributed by atoms with E-state index in [0.717, 1.165) is 29.5 Å². The molecule has 0 aliphatic heterocycles. The molecule has 0 saturated heterocycles. The molecule has 1 aromatic heterocycles. The molecule has 12 heteroatoms. The van der Waals surface area contributed by atoms with E-state index in [1.165, 1.54) is 36.8 Å². The molecule has 0 aliphatic carbocycles. The third-order valence-corrected chi connectivity index (χ3v) is 6.20. The van der Waals surface area contributed by atoms with Crippen molar-refractivity contribution < 1.29 is 36.2 Å². The average molecular weight is 458 g/mol. The van der Waals surface area contributed by atoms with Crippen LogP contribution in [0.15, 0.2) is 52.9 Å². The van der Waals surface area contributed by atoms with Crippen LogP contribution in [0.5, 0.6) is 5.75 Å². The van der Waals surface area contributed by atoms with E-state index in [0.29, 0.717) is 5.56 Å². The maximum absolute atomic E-state index is 12.7. The number of hydrogen-bond donors (Lipinski definition) is 2. The van der Waals surface area contributed by atoms with Gasteiger partial charge in [-0.2, -0.15) is 21.6 Å². The van der Waals surface area contributed by atoms with Crippen molar-refractivity contribution >= 4 is 33.0 Å². The Balaban J connectivity index is 1.87. The molecule has 0 aliphatic rings. The Bertz CT molecular complexity index is 1190. The standard InChI is InChI=1S/C18H13F3N2O5S2/c1-28-14-8-11(17(24)25)4-7-13(14)23-30(26,27)15-9-29-16(22-15)10-2-5-12(6-3-10)18(19,20)21/h2-9,23H,1H3,(H,24,25). The van der Waals surface area contributed by atoms with Gasteiger partial charge in [0.05, 0.1) is 23.9 Å². The van der Waals surface area contributed by atoms with Gasteiger partial charge in [-0.1, -0.05) is 12.1 Å². The Hall–Kier alpha value is -3.12. The number of thiazole rings is 1. The van der Waals surface area contributed by atoms with Gasteiger partial charge in [-0.15, -0.1) is 11.3 Å². The monoisotopic (exact) mass is 458 g/mol. The molecule has 3 aromatic rings. The molecular formula is C18H13F3N2O5S2. The number of aromatic nitrogens is 1. The summed E-state index contributed by atoms with van der Waals surface area (Å²) in [5.74, 6) is -1.21. The van der Waals surface area contributed by atoms with Crippen LogP contribution in [-0.2, 0) is 16.2 Å². The topological polar surface area (TPSA) is 106 Å². The first-order valence-corrected chi connectivity index (χ1v) is 10.4. The van der Waals surface area contributed by atoms with Crippen molar-refractivity contribution in [3.8, 4) is 16.3 Å². The van der Waals surface area contributed by atoms with Crippen molar-refractivity contribution in [3.63, 3.8) is 0 Å². The number of hydrogen-bond acceptors (Lipinski definition) is 6. The molecule has 158 valence electrons. The number of benzene rings is 2. The summed E-state index contributed by atoms with van der Waals surface area (Å²) >= 11 is 0.949. The van der Waals surface area contributed by atoms with Gasteiger partial charge in [-0.05, 0) is 30.3 Å². The van der Waals surface area contributed by atoms with E-state index >= 15 is 0 Å². The van der Waals surface area contributed by atoms with Crippen molar-refractivity contribution in [1.82, 2.24) is 4.98 Å². The van der Waals surface area contributed by atoms with Crippen molar-refractivity contribution in [2.24, 2.45) is 0 Å². The van der Waals surface area contributed by atoms with Crippen LogP contribution < -0.4 is 9.46 Å². The highest BCUT2D eigenvalue weighted by atomic mass is 32.2. The van der Waals surface area contributed by atoms with Gasteiger partial charge in [-0.3, -0.25) is 4.72 Å². The Morgan fingerprint density at radius 2 is 1.83 bits per heavy atom. The van der Waals surface area contributed by atoms with Crippen molar-refractivity contribution in [2.75, 3.05) is 11.8 Å². The van der Waals surface area contributed by atoms with Crippen molar-refractivity contribution in [3.05, 3.63) is 59.0 Å². The molecule has 2 N–H and O–H groups in total. The highest BCUT2D eigenvalue weighted by molar-refractivity contribution is 7.92. The third kappa shape index (κ3) is 4.54. The maximum Gasteiger partial charge on any atom is 0.416 e. The zero-order chi connectivity index (χ0) is 22.1. The summed E-state index contributed by atoms with van der Waals surface area (Å²) in [6, 6.07) is 7.80. The number of carboxylic acid groups (broad SMARTS) is 1. The molecule has 0 spiro atoms. The SMILES string of the molecule is COc1cc(C(=O)O)ccc1NS(=O)(=O)c1csc(-c2ccc(C(F)(F)F)cc2)n1. The molecule has 30 heavy (non-hydrogen) atoms. The quantitative estimate of drug-likeness (QED) is 0.569. The minimum absolute atomic E-state index is 0.00309. The second-order valence-electron chi connectivity index (χ2n) is 5.89. The highest BCUT2D eigenvalue weighted by Gasteiger charge is 2.30. The Labute approximate surface area is 172 Å². The third-order valence-electron chi connectivity index (χ3n) is 3.91. The Morgan fingerprint density at radius 1 is 1.17 bits per heavy atom. The molecule has 1 heterocycles. The first kappa shape index (κ1) is 21.6. The summed E-state index contributed by atoms with van der Waals surface area (Å²) in [6.07, 6.45) is -4.48. The number of sulfonamides is 1. The lowest BCUT2D eigenvalue weighted by Gasteiger charge is -2.11. The van der Waals surface area contributed by atoms with Gasteiger partial charge in [0, 0.05) is 10.9 Å². The molecule has 0 atom stereocenters. The number of nitrogens with zero attached hydrogens (tertiary/aromatic N) is 1. The van der Waals surface area contributed by atoms with E-state index in [9.17, 15) is 26.4 Å². The fourth-order valence-electron chi connectivity index (χ4n) is 2.42. The summed E-state index contributed by atoms with van der Waals surface area (Å²) in [6.45, 7) is 0. The largest absolute Gasteiger partial charge is 0.495 e. The van der Waals surface area contributed by atoms with E-state index in [-0.39, 0.29) is 27.0 Å². The van der Waals surface area contributed by atoms with E-state index in [1.807, 2.05) is 0 Å². The molecule has 0 amide bonds. The fraction of sp³-hybridized carbons (Fsp3) is 0.111. The number of rotatable bonds is 6. The molecule has 0 radical (unpaired) electrons. The van der Waals surface area contributed by atoms with Gasteiger partial charge in [0.1, 0.15) is 10.8 Å². The van der Waals surface area contributed by atoms with Crippen LogP contribution in [0.4, 0.5) is 18.9 Å². The lowest BCUT2D eigenvalue weighted by atomic mass is 10.1. The minimum Gasteiger partial charge on any atom is -0.495 e. The summed E-state index contributed by atoms with van der Waals surface area (Å²) < 4.78 is 70.6. The zero-order valence-corrected chi connectivity index (χ0v) is 16.7. The van der Waals surface area contributed by atoms with Crippen LogP contribution in [-0.4, -0.2) is 31.6 Å². The zero-order valence-electron chi connectivity index (χ0n) is 15.1. The van der Waals surface area contributed by atoms with Crippen LogP contribution in [0.2, 0.25) is 0 Å².